The molecule has 10 heteroatoms. The van der Waals surface area contributed by atoms with Crippen LogP contribution in [0.25, 0.3) is 16.3 Å². The van der Waals surface area contributed by atoms with Crippen molar-refractivity contribution in [3.05, 3.63) is 46.3 Å². The molecule has 1 aromatic carbocycles. The molecule has 0 spiro atoms. The van der Waals surface area contributed by atoms with Crippen LogP contribution in [0.1, 0.15) is 5.76 Å². The summed E-state index contributed by atoms with van der Waals surface area (Å²) >= 11 is 4.26. The van der Waals surface area contributed by atoms with Gasteiger partial charge in [-0.2, -0.15) is 5.26 Å². The molecule has 1 amide bonds. The number of halogens is 1. The molecule has 0 fully saturated rings. The van der Waals surface area contributed by atoms with Crippen LogP contribution in [0.15, 0.2) is 49.9 Å². The fraction of sp³-hybridized carbons (Fsp3) is 0.0625. The van der Waals surface area contributed by atoms with E-state index < -0.39 is 15.7 Å². The quantitative estimate of drug-likeness (QED) is 0.478. The highest BCUT2D eigenvalue weighted by Crippen LogP contribution is 2.28. The number of furan rings is 1. The van der Waals surface area contributed by atoms with Crippen LogP contribution in [-0.2, 0) is 14.6 Å². The number of carbonyl (C=O) groups excluding carboxylic acids is 1. The van der Waals surface area contributed by atoms with Crippen molar-refractivity contribution in [1.29, 1.82) is 5.26 Å². The summed E-state index contributed by atoms with van der Waals surface area (Å²) < 4.78 is 29.6. The van der Waals surface area contributed by atoms with Gasteiger partial charge in [-0.05, 0) is 46.3 Å². The number of nitrogens with one attached hydrogen (secondary N) is 1. The van der Waals surface area contributed by atoms with E-state index in [1.807, 2.05) is 6.07 Å². The zero-order chi connectivity index (χ0) is 18.9. The average molecular weight is 452 g/mol. The number of thiazole rings is 1. The topological polar surface area (TPSA) is 113 Å². The van der Waals surface area contributed by atoms with Crippen molar-refractivity contribution < 1.29 is 17.6 Å². The van der Waals surface area contributed by atoms with Crippen molar-refractivity contribution in [2.24, 2.45) is 0 Å². The molecule has 0 aliphatic heterocycles. The Bertz CT molecular complexity index is 1190. The van der Waals surface area contributed by atoms with Gasteiger partial charge in [0, 0.05) is 12.3 Å². The maximum Gasteiger partial charge on any atom is 0.268 e. The molecule has 26 heavy (non-hydrogen) atoms. The minimum atomic E-state index is -3.33. The lowest BCUT2D eigenvalue weighted by atomic mass is 10.2. The number of sulfone groups is 1. The van der Waals surface area contributed by atoms with E-state index in [0.29, 0.717) is 20.6 Å². The second kappa shape index (κ2) is 7.03. The van der Waals surface area contributed by atoms with Gasteiger partial charge in [0.05, 0.1) is 15.1 Å². The highest BCUT2D eigenvalue weighted by atomic mass is 79.9. The third-order valence-corrected chi connectivity index (χ3v) is 5.72. The molecule has 132 valence electrons. The number of nitriles is 1. The van der Waals surface area contributed by atoms with Gasteiger partial charge >= 0.3 is 0 Å². The molecule has 0 aliphatic carbocycles. The number of anilines is 1. The lowest BCUT2D eigenvalue weighted by Gasteiger charge is -1.98. The molecule has 0 aliphatic rings. The summed E-state index contributed by atoms with van der Waals surface area (Å²) in [6.07, 6.45) is 2.43. The molecule has 3 rings (SSSR count). The molecule has 0 unspecified atom stereocenters. The van der Waals surface area contributed by atoms with Crippen LogP contribution >= 0.6 is 27.3 Å². The normalized spacial score (nSPS) is 12.1. The Labute approximate surface area is 161 Å². The Balaban J connectivity index is 1.86. The van der Waals surface area contributed by atoms with Gasteiger partial charge in [-0.1, -0.05) is 11.3 Å². The van der Waals surface area contributed by atoms with Crippen LogP contribution < -0.4 is 5.32 Å². The largest absolute Gasteiger partial charge is 0.450 e. The number of hydrogen-bond donors (Lipinski definition) is 1. The number of amides is 1. The molecule has 0 saturated carbocycles. The molecule has 2 aromatic heterocycles. The van der Waals surface area contributed by atoms with Crippen LogP contribution in [0, 0.1) is 11.3 Å². The molecule has 7 nitrogen and oxygen atoms in total. The van der Waals surface area contributed by atoms with Crippen molar-refractivity contribution in [1.82, 2.24) is 4.98 Å². The molecular weight excluding hydrogens is 442 g/mol. The first kappa shape index (κ1) is 18.3. The number of benzene rings is 1. The van der Waals surface area contributed by atoms with E-state index in [0.717, 1.165) is 17.6 Å². The highest BCUT2D eigenvalue weighted by Gasteiger charge is 2.15. The van der Waals surface area contributed by atoms with Crippen molar-refractivity contribution in [2.75, 3.05) is 11.6 Å². The number of hydrogen-bond acceptors (Lipinski definition) is 7. The van der Waals surface area contributed by atoms with Crippen molar-refractivity contribution >= 4 is 64.4 Å². The van der Waals surface area contributed by atoms with Crippen molar-refractivity contribution in [3.63, 3.8) is 0 Å². The van der Waals surface area contributed by atoms with Gasteiger partial charge in [0.25, 0.3) is 5.91 Å². The first-order valence-electron chi connectivity index (χ1n) is 7.05. The summed E-state index contributed by atoms with van der Waals surface area (Å²) in [7, 11) is -3.33. The lowest BCUT2D eigenvalue weighted by Crippen LogP contribution is -2.13. The van der Waals surface area contributed by atoms with E-state index in [2.05, 4.69) is 26.2 Å². The van der Waals surface area contributed by atoms with Gasteiger partial charge < -0.3 is 4.42 Å². The molecular formula is C16H10BrN3O4S2. The van der Waals surface area contributed by atoms with Crippen molar-refractivity contribution in [2.45, 2.75) is 4.90 Å². The molecule has 3 aromatic rings. The summed E-state index contributed by atoms with van der Waals surface area (Å²) in [6, 6.07) is 9.59. The van der Waals surface area contributed by atoms with Gasteiger partial charge in [0.2, 0.25) is 0 Å². The summed E-state index contributed by atoms with van der Waals surface area (Å²) in [5, 5.41) is 12.0. The average Bonchev–Trinajstić information content (AvgIpc) is 3.16. The number of fused-ring (bicyclic) bond motifs is 1. The van der Waals surface area contributed by atoms with Crippen LogP contribution in [0.2, 0.25) is 0 Å². The summed E-state index contributed by atoms with van der Waals surface area (Å²) in [5.74, 6) is -0.284. The second-order valence-electron chi connectivity index (χ2n) is 5.19. The Kier molecular flexibility index (Phi) is 4.95. The van der Waals surface area contributed by atoms with E-state index >= 15 is 0 Å². The predicted molar refractivity (Wildman–Crippen MR) is 101 cm³/mol. The predicted octanol–water partition coefficient (Wildman–Crippen LogP) is 3.60. The first-order valence-corrected chi connectivity index (χ1v) is 10.6. The third kappa shape index (κ3) is 4.01. The highest BCUT2D eigenvalue weighted by molar-refractivity contribution is 9.10. The van der Waals surface area contributed by atoms with Crippen molar-refractivity contribution in [3.8, 4) is 6.07 Å². The fourth-order valence-corrected chi connectivity index (χ4v) is 3.99. The molecule has 0 saturated heterocycles. The van der Waals surface area contributed by atoms with Gasteiger partial charge in [0.15, 0.2) is 19.6 Å². The van der Waals surface area contributed by atoms with Gasteiger partial charge in [-0.3, -0.25) is 10.1 Å². The summed E-state index contributed by atoms with van der Waals surface area (Å²) in [6.45, 7) is 0. The van der Waals surface area contributed by atoms with Crippen LogP contribution in [0.3, 0.4) is 0 Å². The smallest absolute Gasteiger partial charge is 0.268 e. The summed E-state index contributed by atoms with van der Waals surface area (Å²) in [5.41, 5.74) is 0.401. The summed E-state index contributed by atoms with van der Waals surface area (Å²) in [4.78, 5) is 16.7. The Morgan fingerprint density at radius 1 is 1.38 bits per heavy atom. The maximum atomic E-state index is 12.3. The lowest BCUT2D eigenvalue weighted by molar-refractivity contribution is -0.112. The minimum absolute atomic E-state index is 0.150. The molecule has 1 N–H and O–H groups in total. The van der Waals surface area contributed by atoms with Crippen LogP contribution in [-0.4, -0.2) is 25.6 Å². The van der Waals surface area contributed by atoms with Gasteiger partial charge in [0.1, 0.15) is 17.4 Å². The number of carbonyl (C=O) groups is 1. The Morgan fingerprint density at radius 3 is 2.77 bits per heavy atom. The standard InChI is InChI=1S/C16H10BrN3O4S2/c1-26(22,23)11-3-4-12-13(7-11)25-16(19-12)20-15(21)9(8-18)6-10-2-5-14(17)24-10/h2-7H,1H3,(H,19,20,21)/b9-6+. The van der Waals surface area contributed by atoms with Crippen LogP contribution in [0.4, 0.5) is 5.13 Å². The molecule has 0 bridgehead atoms. The molecule has 0 atom stereocenters. The first-order chi connectivity index (χ1) is 12.3. The molecule has 2 heterocycles. The fourth-order valence-electron chi connectivity index (χ4n) is 2.05. The monoisotopic (exact) mass is 451 g/mol. The number of rotatable bonds is 4. The second-order valence-corrected chi connectivity index (χ2v) is 9.01. The number of aromatic nitrogens is 1. The van der Waals surface area contributed by atoms with E-state index in [1.165, 1.54) is 18.2 Å². The minimum Gasteiger partial charge on any atom is -0.450 e. The number of nitrogens with zero attached hydrogens (tertiary/aromatic N) is 2. The van der Waals surface area contributed by atoms with Gasteiger partial charge in [-0.15, -0.1) is 0 Å². The Morgan fingerprint density at radius 2 is 2.15 bits per heavy atom. The zero-order valence-corrected chi connectivity index (χ0v) is 16.4. The zero-order valence-electron chi connectivity index (χ0n) is 13.2. The third-order valence-electron chi connectivity index (χ3n) is 3.25. The maximum absolute atomic E-state index is 12.3. The van der Waals surface area contributed by atoms with Gasteiger partial charge in [-0.25, -0.2) is 13.4 Å². The van der Waals surface area contributed by atoms with E-state index in [9.17, 15) is 18.5 Å². The Hall–Kier alpha value is -2.48. The van der Waals surface area contributed by atoms with Crippen LogP contribution in [0.5, 0.6) is 0 Å². The SMILES string of the molecule is CS(=O)(=O)c1ccc2nc(NC(=O)/C(C#N)=C/c3ccc(Br)o3)sc2c1. The van der Waals surface area contributed by atoms with E-state index in [4.69, 9.17) is 4.42 Å². The van der Waals surface area contributed by atoms with E-state index in [1.54, 1.807) is 18.2 Å². The molecule has 0 radical (unpaired) electrons. The van der Waals surface area contributed by atoms with E-state index in [-0.39, 0.29) is 15.6 Å².